The molecule has 0 spiro atoms. The molecule has 1 aliphatic heterocycles. The van der Waals surface area contributed by atoms with Gasteiger partial charge >= 0.3 is 0 Å². The molecule has 24 heavy (non-hydrogen) atoms. The van der Waals surface area contributed by atoms with Crippen LogP contribution in [-0.2, 0) is 14.8 Å². The molecule has 1 heterocycles. The second-order valence-electron chi connectivity index (χ2n) is 5.97. The molecular weight excluding hydrogens is 328 g/mol. The maximum absolute atomic E-state index is 12.7. The maximum Gasteiger partial charge on any atom is 0.243 e. The minimum absolute atomic E-state index is 0.326. The molecule has 1 aromatic carbocycles. The molecule has 1 fully saturated rings. The van der Waals surface area contributed by atoms with Crippen LogP contribution in [0.2, 0.25) is 0 Å². The van der Waals surface area contributed by atoms with Crippen molar-refractivity contribution in [2.24, 2.45) is 5.92 Å². The number of sulfonamides is 1. The van der Waals surface area contributed by atoms with E-state index in [1.807, 2.05) is 0 Å². The highest BCUT2D eigenvalue weighted by Gasteiger charge is 2.29. The summed E-state index contributed by atoms with van der Waals surface area (Å²) in [5.74, 6) is 1.21. The zero-order valence-electron chi connectivity index (χ0n) is 14.5. The van der Waals surface area contributed by atoms with Crippen molar-refractivity contribution in [3.63, 3.8) is 0 Å². The van der Waals surface area contributed by atoms with Crippen LogP contribution in [0.4, 0.5) is 0 Å². The predicted octanol–water partition coefficient (Wildman–Crippen LogP) is 1.72. The van der Waals surface area contributed by atoms with Crippen LogP contribution < -0.4 is 10.1 Å². The van der Waals surface area contributed by atoms with Crippen LogP contribution in [0.25, 0.3) is 0 Å². The highest BCUT2D eigenvalue weighted by molar-refractivity contribution is 7.89. The Hall–Kier alpha value is -1.15. The van der Waals surface area contributed by atoms with E-state index < -0.39 is 10.0 Å². The van der Waals surface area contributed by atoms with Crippen LogP contribution in [0.1, 0.15) is 19.8 Å². The van der Waals surface area contributed by atoms with Gasteiger partial charge in [0.1, 0.15) is 12.4 Å². The number of hydrogen-bond donors (Lipinski definition) is 1. The summed E-state index contributed by atoms with van der Waals surface area (Å²) < 4.78 is 37.4. The fraction of sp³-hybridized carbons (Fsp3) is 0.647. The van der Waals surface area contributed by atoms with Gasteiger partial charge in [0, 0.05) is 20.2 Å². The number of nitrogens with zero attached hydrogens (tertiary/aromatic N) is 1. The summed E-state index contributed by atoms with van der Waals surface area (Å²) in [6.45, 7) is 6.14. The standard InChI is InChI=1S/C17H28N2O4S/c1-3-18-14-15-8-10-19(11-9-15)24(20,21)17-6-4-16(5-7-17)23-13-12-22-2/h4-7,15,18H,3,8-14H2,1-2H3. The molecule has 1 N–H and O–H groups in total. The summed E-state index contributed by atoms with van der Waals surface area (Å²) in [5, 5.41) is 3.34. The molecule has 0 aliphatic carbocycles. The Bertz CT molecular complexity index is 581. The summed E-state index contributed by atoms with van der Waals surface area (Å²) in [4.78, 5) is 0.326. The molecule has 136 valence electrons. The molecule has 0 unspecified atom stereocenters. The van der Waals surface area contributed by atoms with Crippen molar-refractivity contribution >= 4 is 10.0 Å². The van der Waals surface area contributed by atoms with E-state index in [9.17, 15) is 8.42 Å². The lowest BCUT2D eigenvalue weighted by Gasteiger charge is -2.31. The molecule has 0 saturated carbocycles. The number of benzene rings is 1. The molecule has 7 heteroatoms. The number of methoxy groups -OCH3 is 1. The molecule has 0 radical (unpaired) electrons. The molecule has 0 atom stereocenters. The average Bonchev–Trinajstić information content (AvgIpc) is 2.61. The third-order valence-corrected chi connectivity index (χ3v) is 6.19. The topological polar surface area (TPSA) is 67.9 Å². The lowest BCUT2D eigenvalue weighted by Crippen LogP contribution is -2.40. The second-order valence-corrected chi connectivity index (χ2v) is 7.91. The Morgan fingerprint density at radius 1 is 1.17 bits per heavy atom. The Labute approximate surface area is 145 Å². The Morgan fingerprint density at radius 3 is 2.42 bits per heavy atom. The van der Waals surface area contributed by atoms with Crippen molar-refractivity contribution in [2.45, 2.75) is 24.7 Å². The fourth-order valence-corrected chi connectivity index (χ4v) is 4.27. The zero-order chi connectivity index (χ0) is 17.4. The zero-order valence-corrected chi connectivity index (χ0v) is 15.3. The van der Waals surface area contributed by atoms with Crippen molar-refractivity contribution in [2.75, 3.05) is 46.5 Å². The average molecular weight is 356 g/mol. The van der Waals surface area contributed by atoms with Crippen LogP contribution in [-0.4, -0.2) is 59.2 Å². The SMILES string of the molecule is CCNCC1CCN(S(=O)(=O)c2ccc(OCCOC)cc2)CC1. The van der Waals surface area contributed by atoms with Crippen LogP contribution in [0.15, 0.2) is 29.2 Å². The van der Waals surface area contributed by atoms with Gasteiger partial charge in [0.2, 0.25) is 10.0 Å². The number of nitrogens with one attached hydrogen (secondary N) is 1. The first-order valence-corrected chi connectivity index (χ1v) is 9.94. The van der Waals surface area contributed by atoms with E-state index in [0.717, 1.165) is 25.9 Å². The van der Waals surface area contributed by atoms with E-state index >= 15 is 0 Å². The molecule has 2 rings (SSSR count). The molecule has 0 aromatic heterocycles. The first-order chi connectivity index (χ1) is 11.6. The van der Waals surface area contributed by atoms with Gasteiger partial charge in [-0.15, -0.1) is 0 Å². The molecule has 1 aromatic rings. The summed E-state index contributed by atoms with van der Waals surface area (Å²) >= 11 is 0. The van der Waals surface area contributed by atoms with Crippen LogP contribution >= 0.6 is 0 Å². The third-order valence-electron chi connectivity index (χ3n) is 4.27. The summed E-state index contributed by atoms with van der Waals surface area (Å²) in [7, 11) is -1.80. The van der Waals surface area contributed by atoms with Gasteiger partial charge < -0.3 is 14.8 Å². The van der Waals surface area contributed by atoms with Crippen LogP contribution in [0.5, 0.6) is 5.75 Å². The van der Waals surface area contributed by atoms with E-state index in [1.54, 1.807) is 35.7 Å². The maximum atomic E-state index is 12.7. The van der Waals surface area contributed by atoms with Crippen molar-refractivity contribution in [1.29, 1.82) is 0 Å². The highest BCUT2D eigenvalue weighted by atomic mass is 32.2. The van der Waals surface area contributed by atoms with E-state index in [2.05, 4.69) is 12.2 Å². The smallest absolute Gasteiger partial charge is 0.243 e. The van der Waals surface area contributed by atoms with Crippen molar-refractivity contribution in [1.82, 2.24) is 9.62 Å². The Morgan fingerprint density at radius 2 is 1.83 bits per heavy atom. The third kappa shape index (κ3) is 5.17. The van der Waals surface area contributed by atoms with Gasteiger partial charge in [0.15, 0.2) is 0 Å². The summed E-state index contributed by atoms with van der Waals surface area (Å²) in [6.07, 6.45) is 1.81. The first-order valence-electron chi connectivity index (χ1n) is 8.50. The van der Waals surface area contributed by atoms with Crippen molar-refractivity contribution < 1.29 is 17.9 Å². The number of rotatable bonds is 9. The molecule has 1 saturated heterocycles. The normalized spacial score (nSPS) is 17.1. The van der Waals surface area contributed by atoms with E-state index in [0.29, 0.717) is 42.9 Å². The molecular formula is C17H28N2O4S. The lowest BCUT2D eigenvalue weighted by molar-refractivity contribution is 0.146. The quantitative estimate of drug-likeness (QED) is 0.683. The van der Waals surface area contributed by atoms with E-state index in [4.69, 9.17) is 9.47 Å². The molecule has 0 bridgehead atoms. The second kappa shape index (κ2) is 9.36. The monoisotopic (exact) mass is 356 g/mol. The van der Waals surface area contributed by atoms with Gasteiger partial charge in [-0.25, -0.2) is 8.42 Å². The van der Waals surface area contributed by atoms with E-state index in [1.165, 1.54) is 0 Å². The Kier molecular flexibility index (Phi) is 7.48. The minimum atomic E-state index is -3.42. The predicted molar refractivity (Wildman–Crippen MR) is 93.8 cm³/mol. The van der Waals surface area contributed by atoms with Crippen molar-refractivity contribution in [3.05, 3.63) is 24.3 Å². The first kappa shape index (κ1) is 19.2. The minimum Gasteiger partial charge on any atom is -0.491 e. The molecule has 1 aliphatic rings. The van der Waals surface area contributed by atoms with Crippen molar-refractivity contribution in [3.8, 4) is 5.75 Å². The van der Waals surface area contributed by atoms with Gasteiger partial charge in [-0.1, -0.05) is 6.92 Å². The molecule has 0 amide bonds. The van der Waals surface area contributed by atoms with Gasteiger partial charge in [-0.05, 0) is 56.1 Å². The van der Waals surface area contributed by atoms with Gasteiger partial charge in [-0.3, -0.25) is 0 Å². The van der Waals surface area contributed by atoms with Crippen LogP contribution in [0.3, 0.4) is 0 Å². The molecule has 6 nitrogen and oxygen atoms in total. The van der Waals surface area contributed by atoms with Gasteiger partial charge in [0.05, 0.1) is 11.5 Å². The van der Waals surface area contributed by atoms with Gasteiger partial charge in [-0.2, -0.15) is 4.31 Å². The number of piperidine rings is 1. The highest BCUT2D eigenvalue weighted by Crippen LogP contribution is 2.24. The van der Waals surface area contributed by atoms with Gasteiger partial charge in [0.25, 0.3) is 0 Å². The lowest BCUT2D eigenvalue weighted by atomic mass is 9.98. The largest absolute Gasteiger partial charge is 0.491 e. The fourth-order valence-electron chi connectivity index (χ4n) is 2.80. The van der Waals surface area contributed by atoms with E-state index in [-0.39, 0.29) is 0 Å². The Balaban J connectivity index is 1.93. The number of hydrogen-bond acceptors (Lipinski definition) is 5. The number of ether oxygens (including phenoxy) is 2. The summed E-state index contributed by atoms with van der Waals surface area (Å²) in [6, 6.07) is 6.62. The van der Waals surface area contributed by atoms with Crippen LogP contribution in [0, 0.1) is 5.92 Å². The summed E-state index contributed by atoms with van der Waals surface area (Å²) in [5.41, 5.74) is 0.